The molecule has 128 valence electrons. The highest BCUT2D eigenvalue weighted by Crippen LogP contribution is 2.34. The van der Waals surface area contributed by atoms with E-state index in [1.165, 1.54) is 16.4 Å². The Kier molecular flexibility index (Phi) is 5.01. The van der Waals surface area contributed by atoms with E-state index >= 15 is 0 Å². The van der Waals surface area contributed by atoms with E-state index in [1.807, 2.05) is 0 Å². The molecule has 2 saturated heterocycles. The fourth-order valence-corrected chi connectivity index (χ4v) is 5.17. The summed E-state index contributed by atoms with van der Waals surface area (Å²) >= 11 is 0. The van der Waals surface area contributed by atoms with Gasteiger partial charge in [0.15, 0.2) is 0 Å². The van der Waals surface area contributed by atoms with Gasteiger partial charge in [-0.1, -0.05) is 12.1 Å². The van der Waals surface area contributed by atoms with E-state index in [0.717, 1.165) is 31.5 Å². The third kappa shape index (κ3) is 3.91. The maximum Gasteiger partial charge on any atom is 0.216 e. The van der Waals surface area contributed by atoms with Crippen molar-refractivity contribution in [3.8, 4) is 0 Å². The molecule has 7 heteroatoms. The molecule has 2 aliphatic heterocycles. The van der Waals surface area contributed by atoms with Crippen molar-refractivity contribution in [3.05, 3.63) is 35.6 Å². The summed E-state index contributed by atoms with van der Waals surface area (Å²) < 4.78 is 39.9. The Morgan fingerprint density at radius 3 is 2.48 bits per heavy atom. The Hall–Kier alpha value is -1.02. The SMILES string of the molecule is O=S(=O)(CCN1CCCC1)N1C[C@@H](O)C[C@@H]1c1ccc(F)cc1. The highest BCUT2D eigenvalue weighted by molar-refractivity contribution is 7.89. The second-order valence-electron chi connectivity index (χ2n) is 6.39. The van der Waals surface area contributed by atoms with Gasteiger partial charge in [0.2, 0.25) is 10.0 Å². The second kappa shape index (κ2) is 6.84. The minimum absolute atomic E-state index is 0.0669. The molecule has 0 bridgehead atoms. The van der Waals surface area contributed by atoms with Crippen LogP contribution in [0.3, 0.4) is 0 Å². The number of benzene rings is 1. The minimum atomic E-state index is -3.45. The van der Waals surface area contributed by atoms with Crippen LogP contribution in [0, 0.1) is 5.82 Å². The molecule has 1 N–H and O–H groups in total. The first kappa shape index (κ1) is 16.8. The van der Waals surface area contributed by atoms with Gasteiger partial charge in [0.1, 0.15) is 5.82 Å². The van der Waals surface area contributed by atoms with Crippen LogP contribution < -0.4 is 0 Å². The molecule has 0 saturated carbocycles. The van der Waals surface area contributed by atoms with Gasteiger partial charge in [0.05, 0.1) is 17.9 Å². The van der Waals surface area contributed by atoms with Gasteiger partial charge in [0, 0.05) is 13.1 Å². The first-order chi connectivity index (χ1) is 11.0. The Morgan fingerprint density at radius 1 is 1.17 bits per heavy atom. The van der Waals surface area contributed by atoms with Crippen molar-refractivity contribution >= 4 is 10.0 Å². The number of nitrogens with zero attached hydrogens (tertiary/aromatic N) is 2. The largest absolute Gasteiger partial charge is 0.392 e. The summed E-state index contributed by atoms with van der Waals surface area (Å²) in [5.41, 5.74) is 0.729. The number of sulfonamides is 1. The lowest BCUT2D eigenvalue weighted by atomic mass is 10.0. The Labute approximate surface area is 136 Å². The predicted octanol–water partition coefficient (Wildman–Crippen LogP) is 1.36. The molecule has 5 nitrogen and oxygen atoms in total. The minimum Gasteiger partial charge on any atom is -0.392 e. The van der Waals surface area contributed by atoms with Crippen LogP contribution in [0.1, 0.15) is 30.9 Å². The average molecular weight is 342 g/mol. The lowest BCUT2D eigenvalue weighted by Gasteiger charge is -2.25. The van der Waals surface area contributed by atoms with Gasteiger partial charge in [-0.15, -0.1) is 0 Å². The van der Waals surface area contributed by atoms with E-state index in [9.17, 15) is 17.9 Å². The van der Waals surface area contributed by atoms with Crippen molar-refractivity contribution in [2.45, 2.75) is 31.4 Å². The van der Waals surface area contributed by atoms with E-state index < -0.39 is 22.2 Å². The standard InChI is InChI=1S/C16H23FN2O3S/c17-14-5-3-13(4-6-14)16-11-15(20)12-19(16)23(21,22)10-9-18-7-1-2-8-18/h3-6,15-16,20H,1-2,7-12H2/t15-,16+/m0/s1. The molecule has 0 unspecified atom stereocenters. The number of β-amino-alcohol motifs (C(OH)–C–C–N with tert-alkyl or cyclic N) is 1. The molecule has 2 atom stereocenters. The van der Waals surface area contributed by atoms with Gasteiger partial charge in [-0.25, -0.2) is 12.8 Å². The van der Waals surface area contributed by atoms with Crippen LogP contribution in [0.5, 0.6) is 0 Å². The van der Waals surface area contributed by atoms with Gasteiger partial charge < -0.3 is 10.0 Å². The van der Waals surface area contributed by atoms with E-state index in [4.69, 9.17) is 0 Å². The van der Waals surface area contributed by atoms with E-state index in [1.54, 1.807) is 12.1 Å². The van der Waals surface area contributed by atoms with E-state index in [0.29, 0.717) is 13.0 Å². The Morgan fingerprint density at radius 2 is 1.83 bits per heavy atom. The number of hydrogen-bond acceptors (Lipinski definition) is 4. The van der Waals surface area contributed by atoms with Crippen LogP contribution >= 0.6 is 0 Å². The average Bonchev–Trinajstić information content (AvgIpc) is 3.16. The quantitative estimate of drug-likeness (QED) is 0.878. The molecule has 0 radical (unpaired) electrons. The van der Waals surface area contributed by atoms with Gasteiger partial charge >= 0.3 is 0 Å². The third-order valence-corrected chi connectivity index (χ3v) is 6.53. The lowest BCUT2D eigenvalue weighted by Crippen LogP contribution is -2.37. The number of aliphatic hydroxyl groups excluding tert-OH is 1. The second-order valence-corrected chi connectivity index (χ2v) is 8.43. The molecular formula is C16H23FN2O3S. The summed E-state index contributed by atoms with van der Waals surface area (Å²) in [6.45, 7) is 2.56. The Bertz CT molecular complexity index is 629. The fourth-order valence-electron chi connectivity index (χ4n) is 3.45. The summed E-state index contributed by atoms with van der Waals surface area (Å²) in [6.07, 6.45) is 1.93. The van der Waals surface area contributed by atoms with Crippen molar-refractivity contribution in [1.29, 1.82) is 0 Å². The zero-order valence-electron chi connectivity index (χ0n) is 13.1. The van der Waals surface area contributed by atoms with Crippen LogP contribution in [0.15, 0.2) is 24.3 Å². The summed E-state index contributed by atoms with van der Waals surface area (Å²) in [6, 6.07) is 5.45. The molecule has 1 aromatic carbocycles. The maximum absolute atomic E-state index is 13.1. The van der Waals surface area contributed by atoms with Gasteiger partial charge in [-0.3, -0.25) is 0 Å². The topological polar surface area (TPSA) is 60.9 Å². The van der Waals surface area contributed by atoms with Crippen LogP contribution in [-0.2, 0) is 10.0 Å². The molecule has 0 amide bonds. The number of halogens is 1. The number of aliphatic hydroxyl groups is 1. The lowest BCUT2D eigenvalue weighted by molar-refractivity contribution is 0.188. The summed E-state index contributed by atoms with van der Waals surface area (Å²) in [4.78, 5) is 2.16. The van der Waals surface area contributed by atoms with Gasteiger partial charge in [0.25, 0.3) is 0 Å². The van der Waals surface area contributed by atoms with Gasteiger partial charge in [-0.05, 0) is 50.0 Å². The molecule has 0 aromatic heterocycles. The highest BCUT2D eigenvalue weighted by atomic mass is 32.2. The summed E-state index contributed by atoms with van der Waals surface area (Å²) in [5, 5.41) is 9.94. The Balaban J connectivity index is 1.73. The predicted molar refractivity (Wildman–Crippen MR) is 85.9 cm³/mol. The normalized spacial score (nSPS) is 26.9. The first-order valence-corrected chi connectivity index (χ1v) is 9.72. The molecule has 2 aliphatic rings. The van der Waals surface area contributed by atoms with Gasteiger partial charge in [-0.2, -0.15) is 4.31 Å². The van der Waals surface area contributed by atoms with Crippen LogP contribution in [0.25, 0.3) is 0 Å². The van der Waals surface area contributed by atoms with E-state index in [2.05, 4.69) is 4.90 Å². The molecule has 0 aliphatic carbocycles. The molecule has 2 heterocycles. The fraction of sp³-hybridized carbons (Fsp3) is 0.625. The van der Waals surface area contributed by atoms with Crippen LogP contribution in [0.2, 0.25) is 0 Å². The zero-order chi connectivity index (χ0) is 16.4. The number of likely N-dealkylation sites (tertiary alicyclic amines) is 1. The molecule has 23 heavy (non-hydrogen) atoms. The molecule has 3 rings (SSSR count). The van der Waals surface area contributed by atoms with Crippen molar-refractivity contribution in [1.82, 2.24) is 9.21 Å². The highest BCUT2D eigenvalue weighted by Gasteiger charge is 2.39. The van der Waals surface area contributed by atoms with E-state index in [-0.39, 0.29) is 18.1 Å². The third-order valence-electron chi connectivity index (χ3n) is 4.71. The van der Waals surface area contributed by atoms with Crippen molar-refractivity contribution in [2.24, 2.45) is 0 Å². The van der Waals surface area contributed by atoms with Crippen LogP contribution in [0.4, 0.5) is 4.39 Å². The smallest absolute Gasteiger partial charge is 0.216 e. The summed E-state index contributed by atoms with van der Waals surface area (Å²) in [7, 11) is -3.45. The molecular weight excluding hydrogens is 319 g/mol. The van der Waals surface area contributed by atoms with Crippen molar-refractivity contribution < 1.29 is 17.9 Å². The summed E-state index contributed by atoms with van der Waals surface area (Å²) in [5.74, 6) is -0.284. The first-order valence-electron chi connectivity index (χ1n) is 8.11. The molecule has 1 aromatic rings. The zero-order valence-corrected chi connectivity index (χ0v) is 13.9. The van der Waals surface area contributed by atoms with Crippen molar-refractivity contribution in [3.63, 3.8) is 0 Å². The maximum atomic E-state index is 13.1. The number of hydrogen-bond donors (Lipinski definition) is 1. The molecule has 0 spiro atoms. The number of rotatable bonds is 5. The van der Waals surface area contributed by atoms with Crippen molar-refractivity contribution in [2.75, 3.05) is 31.9 Å². The molecule has 2 fully saturated rings. The van der Waals surface area contributed by atoms with Crippen LogP contribution in [-0.4, -0.2) is 60.8 Å². The monoisotopic (exact) mass is 342 g/mol.